The second kappa shape index (κ2) is 63.1. The van der Waals surface area contributed by atoms with Crippen molar-refractivity contribution in [3.63, 3.8) is 0 Å². The Bertz CT molecular complexity index is 1100. The Morgan fingerprint density at radius 2 is 0.630 bits per heavy atom. The molecular formula is C67H131NO5. The second-order valence-corrected chi connectivity index (χ2v) is 23.2. The molecule has 0 aromatic rings. The van der Waals surface area contributed by atoms with E-state index in [1.807, 2.05) is 6.08 Å². The van der Waals surface area contributed by atoms with Crippen molar-refractivity contribution >= 4 is 11.9 Å². The number of esters is 1. The van der Waals surface area contributed by atoms with Crippen molar-refractivity contribution in [2.24, 2.45) is 0 Å². The molecule has 0 aliphatic rings. The molecule has 6 nitrogen and oxygen atoms in total. The zero-order valence-corrected chi connectivity index (χ0v) is 49.6. The highest BCUT2D eigenvalue weighted by atomic mass is 16.5. The van der Waals surface area contributed by atoms with E-state index >= 15 is 0 Å². The molecule has 0 spiro atoms. The first-order chi connectivity index (χ1) is 36.0. The van der Waals surface area contributed by atoms with Gasteiger partial charge < -0.3 is 20.3 Å². The van der Waals surface area contributed by atoms with Crippen molar-refractivity contribution in [1.82, 2.24) is 5.32 Å². The third-order valence-corrected chi connectivity index (χ3v) is 15.8. The number of carbonyl (C=O) groups excluding carboxylic acids is 2. The van der Waals surface area contributed by atoms with Gasteiger partial charge in [0.05, 0.1) is 25.4 Å². The molecule has 0 heterocycles. The molecule has 73 heavy (non-hydrogen) atoms. The molecule has 434 valence electrons. The smallest absolute Gasteiger partial charge is 0.305 e. The van der Waals surface area contributed by atoms with E-state index in [1.165, 1.54) is 315 Å². The van der Waals surface area contributed by atoms with Gasteiger partial charge in [0.2, 0.25) is 5.91 Å². The summed E-state index contributed by atoms with van der Waals surface area (Å²) in [4.78, 5) is 24.6. The average molecular weight is 1030 g/mol. The van der Waals surface area contributed by atoms with E-state index in [9.17, 15) is 19.8 Å². The van der Waals surface area contributed by atoms with Gasteiger partial charge in [-0.25, -0.2) is 0 Å². The number of nitrogens with one attached hydrogen (secondary N) is 1. The van der Waals surface area contributed by atoms with Crippen molar-refractivity contribution < 1.29 is 24.5 Å². The maximum Gasteiger partial charge on any atom is 0.305 e. The van der Waals surface area contributed by atoms with Crippen molar-refractivity contribution in [2.45, 2.75) is 392 Å². The number of carbonyl (C=O) groups is 2. The van der Waals surface area contributed by atoms with Crippen LogP contribution in [0.5, 0.6) is 0 Å². The summed E-state index contributed by atoms with van der Waals surface area (Å²) >= 11 is 0. The van der Waals surface area contributed by atoms with Crippen LogP contribution in [0.1, 0.15) is 380 Å². The molecule has 0 aliphatic heterocycles. The van der Waals surface area contributed by atoms with Crippen LogP contribution in [0.15, 0.2) is 12.2 Å². The summed E-state index contributed by atoms with van der Waals surface area (Å²) < 4.78 is 5.50. The standard InChI is InChI=1S/C67H131NO5/c1-3-5-7-9-11-13-15-17-19-21-22-23-25-28-31-35-39-43-47-51-55-59-65(70)64(63-69)68-66(71)60-56-52-48-44-40-36-32-29-26-24-27-30-34-38-42-46-50-54-58-62-73-67(72)61-57-53-49-45-41-37-33-20-18-16-14-12-10-8-6-4-2/h55,59,64-65,69-70H,3-54,56-58,60-63H2,1-2H3,(H,68,71)/b59-55+. The van der Waals surface area contributed by atoms with Crippen LogP contribution in [0, 0.1) is 0 Å². The summed E-state index contributed by atoms with van der Waals surface area (Å²) in [6.07, 6.45) is 76.9. The fourth-order valence-corrected chi connectivity index (χ4v) is 10.7. The van der Waals surface area contributed by atoms with Gasteiger partial charge in [-0.15, -0.1) is 0 Å². The lowest BCUT2D eigenvalue weighted by molar-refractivity contribution is -0.143. The average Bonchev–Trinajstić information content (AvgIpc) is 3.39. The molecule has 0 aromatic carbocycles. The maximum absolute atomic E-state index is 12.5. The number of aliphatic hydroxyl groups excluding tert-OH is 2. The first kappa shape index (κ1) is 71.6. The molecular weight excluding hydrogens is 899 g/mol. The van der Waals surface area contributed by atoms with E-state index in [4.69, 9.17) is 4.74 Å². The van der Waals surface area contributed by atoms with Crippen molar-refractivity contribution in [1.29, 1.82) is 0 Å². The van der Waals surface area contributed by atoms with Crippen molar-refractivity contribution in [3.8, 4) is 0 Å². The number of hydrogen-bond donors (Lipinski definition) is 3. The zero-order chi connectivity index (χ0) is 52.9. The molecule has 0 rings (SSSR count). The molecule has 0 aliphatic carbocycles. The number of allylic oxidation sites excluding steroid dienone is 1. The second-order valence-electron chi connectivity index (χ2n) is 23.2. The highest BCUT2D eigenvalue weighted by molar-refractivity contribution is 5.76. The van der Waals surface area contributed by atoms with Crippen LogP contribution in [0.2, 0.25) is 0 Å². The van der Waals surface area contributed by atoms with Crippen LogP contribution in [0.3, 0.4) is 0 Å². The maximum atomic E-state index is 12.5. The first-order valence-corrected chi connectivity index (χ1v) is 33.5. The Hall–Kier alpha value is -1.40. The molecule has 3 N–H and O–H groups in total. The summed E-state index contributed by atoms with van der Waals surface area (Å²) in [5, 5.41) is 23.2. The van der Waals surface area contributed by atoms with Gasteiger partial charge in [0, 0.05) is 12.8 Å². The number of amides is 1. The highest BCUT2D eigenvalue weighted by Gasteiger charge is 2.18. The molecule has 1 amide bonds. The Morgan fingerprint density at radius 1 is 0.370 bits per heavy atom. The Morgan fingerprint density at radius 3 is 0.932 bits per heavy atom. The summed E-state index contributed by atoms with van der Waals surface area (Å²) in [5.74, 6) is -0.0536. The van der Waals surface area contributed by atoms with Crippen LogP contribution >= 0.6 is 0 Å². The van der Waals surface area contributed by atoms with Gasteiger partial charge in [-0.2, -0.15) is 0 Å². The minimum absolute atomic E-state index is 0.0129. The lowest BCUT2D eigenvalue weighted by Crippen LogP contribution is -2.45. The van der Waals surface area contributed by atoms with Gasteiger partial charge in [-0.3, -0.25) is 9.59 Å². The van der Waals surface area contributed by atoms with E-state index in [0.717, 1.165) is 38.5 Å². The van der Waals surface area contributed by atoms with Crippen LogP contribution in [-0.2, 0) is 14.3 Å². The molecule has 2 unspecified atom stereocenters. The molecule has 0 bridgehead atoms. The molecule has 0 radical (unpaired) electrons. The minimum atomic E-state index is -0.847. The van der Waals surface area contributed by atoms with E-state index in [1.54, 1.807) is 6.08 Å². The molecule has 0 saturated carbocycles. The zero-order valence-electron chi connectivity index (χ0n) is 49.6. The summed E-state index contributed by atoms with van der Waals surface area (Å²) in [6, 6.07) is -0.630. The molecule has 0 aromatic heterocycles. The molecule has 0 fully saturated rings. The molecule has 6 heteroatoms. The highest BCUT2D eigenvalue weighted by Crippen LogP contribution is 2.19. The van der Waals surface area contributed by atoms with Gasteiger partial charge in [0.15, 0.2) is 0 Å². The Balaban J connectivity index is 3.41. The third kappa shape index (κ3) is 59.7. The summed E-state index contributed by atoms with van der Waals surface area (Å²) in [5.41, 5.74) is 0. The predicted molar refractivity (Wildman–Crippen MR) is 320 cm³/mol. The van der Waals surface area contributed by atoms with Gasteiger partial charge in [0.1, 0.15) is 0 Å². The van der Waals surface area contributed by atoms with E-state index in [0.29, 0.717) is 19.4 Å². The lowest BCUT2D eigenvalue weighted by atomic mass is 10.0. The lowest BCUT2D eigenvalue weighted by Gasteiger charge is -2.20. The SMILES string of the molecule is CCCCCCCCCCCCCCCCCCCCC/C=C/C(O)C(CO)NC(=O)CCCCCCCCCCCCCCCCCCCCCOC(=O)CCCCCCCCCCCCCCCCCC. The largest absolute Gasteiger partial charge is 0.466 e. The summed E-state index contributed by atoms with van der Waals surface area (Å²) in [6.45, 7) is 4.94. The molecule has 2 atom stereocenters. The first-order valence-electron chi connectivity index (χ1n) is 33.5. The Kier molecular flexibility index (Phi) is 61.9. The summed E-state index contributed by atoms with van der Waals surface area (Å²) in [7, 11) is 0. The van der Waals surface area contributed by atoms with Crippen LogP contribution < -0.4 is 5.32 Å². The van der Waals surface area contributed by atoms with Crippen LogP contribution in [0.25, 0.3) is 0 Å². The normalized spacial score (nSPS) is 12.5. The van der Waals surface area contributed by atoms with Crippen LogP contribution in [0.4, 0.5) is 0 Å². The Labute approximate surface area is 457 Å². The van der Waals surface area contributed by atoms with Gasteiger partial charge in [0.25, 0.3) is 0 Å². The van der Waals surface area contributed by atoms with E-state index in [2.05, 4.69) is 19.2 Å². The van der Waals surface area contributed by atoms with Gasteiger partial charge in [-0.1, -0.05) is 347 Å². The topological polar surface area (TPSA) is 95.9 Å². The quantitative estimate of drug-likeness (QED) is 0.0320. The van der Waals surface area contributed by atoms with E-state index < -0.39 is 12.1 Å². The van der Waals surface area contributed by atoms with Crippen molar-refractivity contribution in [2.75, 3.05) is 13.2 Å². The number of rotatable bonds is 63. The number of unbranched alkanes of at least 4 members (excludes halogenated alkanes) is 52. The fourth-order valence-electron chi connectivity index (χ4n) is 10.7. The minimum Gasteiger partial charge on any atom is -0.466 e. The number of ether oxygens (including phenoxy) is 1. The van der Waals surface area contributed by atoms with E-state index in [-0.39, 0.29) is 18.5 Å². The third-order valence-electron chi connectivity index (χ3n) is 15.8. The van der Waals surface area contributed by atoms with Gasteiger partial charge in [-0.05, 0) is 32.1 Å². The van der Waals surface area contributed by atoms with Crippen molar-refractivity contribution in [3.05, 3.63) is 12.2 Å². The van der Waals surface area contributed by atoms with Gasteiger partial charge >= 0.3 is 5.97 Å². The number of hydrogen-bond acceptors (Lipinski definition) is 5. The predicted octanol–water partition coefficient (Wildman–Crippen LogP) is 21.2. The number of aliphatic hydroxyl groups is 2. The van der Waals surface area contributed by atoms with Crippen LogP contribution in [-0.4, -0.2) is 47.4 Å². The molecule has 0 saturated heterocycles. The fraction of sp³-hybridized carbons (Fsp3) is 0.940. The monoisotopic (exact) mass is 1030 g/mol.